The fourth-order valence-corrected chi connectivity index (χ4v) is 1.75. The molecule has 1 saturated heterocycles. The van der Waals surface area contributed by atoms with E-state index in [4.69, 9.17) is 0 Å². The van der Waals surface area contributed by atoms with Crippen LogP contribution in [0.1, 0.15) is 19.3 Å². The summed E-state index contributed by atoms with van der Waals surface area (Å²) in [6, 6.07) is 0.389. The molecule has 1 rings (SSSR count). The van der Waals surface area contributed by atoms with Crippen LogP contribution in [0, 0.1) is 23.3 Å². The van der Waals surface area contributed by atoms with Crippen LogP contribution in [0.5, 0.6) is 0 Å². The molecule has 0 aromatic rings. The molecule has 1 unspecified atom stereocenters. The highest BCUT2D eigenvalue weighted by Gasteiger charge is 2.08. The summed E-state index contributed by atoms with van der Waals surface area (Å²) in [6.45, 7) is 7.82. The molecule has 0 saturated carbocycles. The highest BCUT2D eigenvalue weighted by molar-refractivity contribution is 6.83. The molecule has 0 radical (unpaired) electrons. The summed E-state index contributed by atoms with van der Waals surface area (Å²) in [5, 5.41) is 3.39. The van der Waals surface area contributed by atoms with Gasteiger partial charge in [-0.2, -0.15) is 0 Å². The van der Waals surface area contributed by atoms with Gasteiger partial charge in [0.15, 0.2) is 0 Å². The van der Waals surface area contributed by atoms with Crippen LogP contribution in [0.15, 0.2) is 0 Å². The predicted octanol–water partition coefficient (Wildman–Crippen LogP) is 2.01. The molecular weight excluding hydrogens is 186 g/mol. The van der Waals surface area contributed by atoms with Gasteiger partial charge in [-0.1, -0.05) is 25.6 Å². The van der Waals surface area contributed by atoms with Crippen molar-refractivity contribution in [2.45, 2.75) is 44.9 Å². The number of piperidine rings is 1. The van der Waals surface area contributed by atoms with Crippen molar-refractivity contribution in [3.05, 3.63) is 0 Å². The molecule has 76 valence electrons. The molecular formula is C12H19NSi. The van der Waals surface area contributed by atoms with E-state index in [9.17, 15) is 0 Å². The Morgan fingerprint density at radius 1 is 1.14 bits per heavy atom. The molecule has 1 nitrogen and oxygen atoms in total. The Morgan fingerprint density at radius 3 is 2.50 bits per heavy atom. The van der Waals surface area contributed by atoms with Gasteiger partial charge in [0.05, 0.1) is 6.04 Å². The standard InChI is InChI=1S/C12H19NSi/c1-14(2,3)11-7-5-9-12-8-4-6-10-13-12/h12-13H,4,6,8,10H2,1-3H3. The van der Waals surface area contributed by atoms with Crippen LogP contribution in [0.4, 0.5) is 0 Å². The van der Waals surface area contributed by atoms with Gasteiger partial charge in [0.1, 0.15) is 8.07 Å². The lowest BCUT2D eigenvalue weighted by Gasteiger charge is -2.17. The third-order valence-corrected chi connectivity index (χ3v) is 2.93. The Bertz CT molecular complexity index is 286. The number of nitrogens with one attached hydrogen (secondary N) is 1. The van der Waals surface area contributed by atoms with Gasteiger partial charge < -0.3 is 5.32 Å². The van der Waals surface area contributed by atoms with Gasteiger partial charge in [-0.05, 0) is 37.6 Å². The first-order valence-corrected chi connectivity index (χ1v) is 8.84. The maximum Gasteiger partial charge on any atom is 0.130 e. The van der Waals surface area contributed by atoms with Crippen molar-refractivity contribution >= 4 is 8.07 Å². The summed E-state index contributed by atoms with van der Waals surface area (Å²) < 4.78 is 0. The summed E-state index contributed by atoms with van der Waals surface area (Å²) >= 11 is 0. The maximum absolute atomic E-state index is 3.39. The van der Waals surface area contributed by atoms with Crippen molar-refractivity contribution in [2.75, 3.05) is 6.54 Å². The zero-order chi connectivity index (χ0) is 10.4. The smallest absolute Gasteiger partial charge is 0.130 e. The average Bonchev–Trinajstić information content (AvgIpc) is 2.13. The second-order valence-electron chi connectivity index (χ2n) is 4.77. The summed E-state index contributed by atoms with van der Waals surface area (Å²) in [4.78, 5) is 0. The minimum Gasteiger partial charge on any atom is -0.304 e. The van der Waals surface area contributed by atoms with E-state index in [1.165, 1.54) is 19.3 Å². The minimum absolute atomic E-state index is 0.389. The molecule has 1 fully saturated rings. The molecule has 2 heteroatoms. The lowest BCUT2D eigenvalue weighted by molar-refractivity contribution is 0.464. The van der Waals surface area contributed by atoms with E-state index in [-0.39, 0.29) is 0 Å². The molecule has 0 aromatic carbocycles. The molecule has 0 aromatic heterocycles. The molecule has 1 aliphatic heterocycles. The molecule has 1 aliphatic rings. The maximum atomic E-state index is 3.39. The van der Waals surface area contributed by atoms with Gasteiger partial charge >= 0.3 is 0 Å². The molecule has 0 amide bonds. The highest BCUT2D eigenvalue weighted by atomic mass is 28.3. The van der Waals surface area contributed by atoms with Crippen molar-refractivity contribution in [3.63, 3.8) is 0 Å². The first-order chi connectivity index (χ1) is 6.58. The fraction of sp³-hybridized carbons (Fsp3) is 0.667. The van der Waals surface area contributed by atoms with Gasteiger partial charge in [0.25, 0.3) is 0 Å². The topological polar surface area (TPSA) is 12.0 Å². The third kappa shape index (κ3) is 5.12. The van der Waals surface area contributed by atoms with Crippen LogP contribution in [0.2, 0.25) is 19.6 Å². The van der Waals surface area contributed by atoms with Gasteiger partial charge in [0, 0.05) is 0 Å². The number of rotatable bonds is 0. The summed E-state index contributed by atoms with van der Waals surface area (Å²) in [7, 11) is -1.23. The van der Waals surface area contributed by atoms with E-state index < -0.39 is 8.07 Å². The second-order valence-corrected chi connectivity index (χ2v) is 9.52. The Morgan fingerprint density at radius 2 is 1.93 bits per heavy atom. The highest BCUT2D eigenvalue weighted by Crippen LogP contribution is 2.05. The normalized spacial score (nSPS) is 21.5. The monoisotopic (exact) mass is 205 g/mol. The van der Waals surface area contributed by atoms with Gasteiger partial charge in [-0.25, -0.2) is 0 Å². The van der Waals surface area contributed by atoms with Crippen LogP contribution in [0.25, 0.3) is 0 Å². The van der Waals surface area contributed by atoms with Crippen molar-refractivity contribution in [1.29, 1.82) is 0 Å². The largest absolute Gasteiger partial charge is 0.304 e. The Labute approximate surface area is 88.7 Å². The summed E-state index contributed by atoms with van der Waals surface area (Å²) in [5.41, 5.74) is 3.25. The van der Waals surface area contributed by atoms with Crippen LogP contribution < -0.4 is 5.32 Å². The summed E-state index contributed by atoms with van der Waals surface area (Å²) in [6.07, 6.45) is 3.77. The van der Waals surface area contributed by atoms with Crippen molar-refractivity contribution in [2.24, 2.45) is 0 Å². The van der Waals surface area contributed by atoms with Gasteiger partial charge in [0.2, 0.25) is 0 Å². The molecule has 1 atom stereocenters. The first-order valence-electron chi connectivity index (χ1n) is 5.34. The molecule has 1 N–H and O–H groups in total. The zero-order valence-electron chi connectivity index (χ0n) is 9.41. The van der Waals surface area contributed by atoms with Crippen molar-refractivity contribution in [1.82, 2.24) is 5.32 Å². The Kier molecular flexibility index (Phi) is 4.26. The second kappa shape index (κ2) is 5.25. The quantitative estimate of drug-likeness (QED) is 0.471. The third-order valence-electron chi connectivity index (χ3n) is 2.06. The van der Waals surface area contributed by atoms with E-state index >= 15 is 0 Å². The predicted molar refractivity (Wildman–Crippen MR) is 64.5 cm³/mol. The van der Waals surface area contributed by atoms with E-state index in [0.29, 0.717) is 6.04 Å². The average molecular weight is 205 g/mol. The van der Waals surface area contributed by atoms with E-state index in [2.05, 4.69) is 48.3 Å². The number of hydrogen-bond acceptors (Lipinski definition) is 1. The SMILES string of the molecule is C[Si](C)(C)C#CC#CC1CCCCN1. The van der Waals surface area contributed by atoms with Gasteiger partial charge in [-0.3, -0.25) is 0 Å². The van der Waals surface area contributed by atoms with Crippen LogP contribution in [-0.2, 0) is 0 Å². The van der Waals surface area contributed by atoms with Crippen LogP contribution >= 0.6 is 0 Å². The lowest BCUT2D eigenvalue weighted by Crippen LogP contribution is -2.32. The Balaban J connectivity index is 2.41. The molecule has 0 bridgehead atoms. The van der Waals surface area contributed by atoms with Crippen molar-refractivity contribution < 1.29 is 0 Å². The van der Waals surface area contributed by atoms with E-state index in [0.717, 1.165) is 6.54 Å². The zero-order valence-corrected chi connectivity index (χ0v) is 10.4. The number of hydrogen-bond donors (Lipinski definition) is 1. The van der Waals surface area contributed by atoms with Crippen molar-refractivity contribution in [3.8, 4) is 23.3 Å². The Hall–Kier alpha value is -0.703. The first kappa shape index (κ1) is 11.4. The van der Waals surface area contributed by atoms with Gasteiger partial charge in [-0.15, -0.1) is 5.54 Å². The van der Waals surface area contributed by atoms with E-state index in [1.54, 1.807) is 0 Å². The fourth-order valence-electron chi connectivity index (χ4n) is 1.32. The van der Waals surface area contributed by atoms with Crippen LogP contribution in [-0.4, -0.2) is 20.7 Å². The molecule has 0 spiro atoms. The molecule has 14 heavy (non-hydrogen) atoms. The van der Waals surface area contributed by atoms with Crippen LogP contribution in [0.3, 0.4) is 0 Å². The minimum atomic E-state index is -1.23. The molecule has 0 aliphatic carbocycles. The summed E-state index contributed by atoms with van der Waals surface area (Å²) in [5.74, 6) is 9.14. The lowest BCUT2D eigenvalue weighted by atomic mass is 10.1. The van der Waals surface area contributed by atoms with E-state index in [1.807, 2.05) is 0 Å². The molecule has 1 heterocycles.